The predicted molar refractivity (Wildman–Crippen MR) is 163 cm³/mol. The summed E-state index contributed by atoms with van der Waals surface area (Å²) in [5.41, 5.74) is 0.789. The molecule has 0 aliphatic heterocycles. The van der Waals surface area contributed by atoms with Crippen LogP contribution in [0.15, 0.2) is 23.8 Å². The second-order valence-corrected chi connectivity index (χ2v) is 11.8. The van der Waals surface area contributed by atoms with E-state index in [2.05, 4.69) is 26.1 Å². The first-order valence-corrected chi connectivity index (χ1v) is 15.3. The molecule has 224 valence electrons. The molecular formula is C30H45IN2O7. The van der Waals surface area contributed by atoms with Crippen LogP contribution in [-0.4, -0.2) is 78.3 Å². The SMILES string of the molecule is CCCCCCCC(=O)N(CCC(C)C)C1CC(C(=O)NCCO)=CC(Oc2c(I)cc(C=O)cc2OC)C1O. The lowest BCUT2D eigenvalue weighted by molar-refractivity contribution is -0.139. The fourth-order valence-electron chi connectivity index (χ4n) is 4.73. The summed E-state index contributed by atoms with van der Waals surface area (Å²) >= 11 is 2.03. The second-order valence-electron chi connectivity index (χ2n) is 10.6. The van der Waals surface area contributed by atoms with E-state index in [0.717, 1.165) is 38.5 Å². The summed E-state index contributed by atoms with van der Waals surface area (Å²) in [6.45, 7) is 6.65. The normalized spacial score (nSPS) is 18.7. The van der Waals surface area contributed by atoms with Gasteiger partial charge in [-0.1, -0.05) is 46.5 Å². The van der Waals surface area contributed by atoms with E-state index < -0.39 is 18.2 Å². The van der Waals surface area contributed by atoms with Crippen molar-refractivity contribution in [3.63, 3.8) is 0 Å². The fraction of sp³-hybridized carbons (Fsp3) is 0.633. The van der Waals surface area contributed by atoms with Gasteiger partial charge in [0, 0.05) is 37.1 Å². The van der Waals surface area contributed by atoms with E-state index in [1.54, 1.807) is 23.1 Å². The number of aliphatic hydroxyl groups excluding tert-OH is 2. The van der Waals surface area contributed by atoms with Gasteiger partial charge >= 0.3 is 0 Å². The van der Waals surface area contributed by atoms with Crippen molar-refractivity contribution in [2.75, 3.05) is 26.8 Å². The van der Waals surface area contributed by atoms with Crippen molar-refractivity contribution in [1.82, 2.24) is 10.2 Å². The third kappa shape index (κ3) is 10.0. The molecule has 0 saturated carbocycles. The summed E-state index contributed by atoms with van der Waals surface area (Å²) in [5.74, 6) is 0.578. The number of benzene rings is 1. The number of halogens is 1. The van der Waals surface area contributed by atoms with E-state index in [4.69, 9.17) is 9.47 Å². The van der Waals surface area contributed by atoms with Crippen LogP contribution in [0.4, 0.5) is 0 Å². The Hall–Kier alpha value is -2.18. The molecule has 9 nitrogen and oxygen atoms in total. The molecule has 0 fully saturated rings. The highest BCUT2D eigenvalue weighted by molar-refractivity contribution is 14.1. The van der Waals surface area contributed by atoms with Gasteiger partial charge in [-0.15, -0.1) is 0 Å². The number of methoxy groups -OCH3 is 1. The van der Waals surface area contributed by atoms with E-state index >= 15 is 0 Å². The summed E-state index contributed by atoms with van der Waals surface area (Å²) in [5, 5.41) is 23.5. The monoisotopic (exact) mass is 672 g/mol. The number of aliphatic hydroxyl groups is 2. The first-order valence-electron chi connectivity index (χ1n) is 14.2. The molecule has 0 saturated heterocycles. The van der Waals surface area contributed by atoms with Gasteiger partial charge in [-0.25, -0.2) is 0 Å². The van der Waals surface area contributed by atoms with Crippen LogP contribution >= 0.6 is 22.6 Å². The van der Waals surface area contributed by atoms with Crippen LogP contribution < -0.4 is 14.8 Å². The number of carbonyl (C=O) groups is 3. The molecule has 3 unspecified atom stereocenters. The third-order valence-corrected chi connectivity index (χ3v) is 7.82. The van der Waals surface area contributed by atoms with Crippen LogP contribution in [0.5, 0.6) is 11.5 Å². The van der Waals surface area contributed by atoms with Crippen molar-refractivity contribution < 1.29 is 34.1 Å². The Balaban J connectivity index is 2.42. The molecule has 1 aliphatic rings. The molecule has 1 aromatic rings. The molecule has 2 amide bonds. The van der Waals surface area contributed by atoms with Gasteiger partial charge in [0.25, 0.3) is 0 Å². The van der Waals surface area contributed by atoms with Crippen molar-refractivity contribution in [2.24, 2.45) is 5.92 Å². The highest BCUT2D eigenvalue weighted by atomic mass is 127. The maximum absolute atomic E-state index is 13.5. The number of nitrogens with one attached hydrogen (secondary N) is 1. The largest absolute Gasteiger partial charge is 0.493 e. The van der Waals surface area contributed by atoms with Gasteiger partial charge in [0.2, 0.25) is 11.8 Å². The summed E-state index contributed by atoms with van der Waals surface area (Å²) in [7, 11) is 1.46. The lowest BCUT2D eigenvalue weighted by Gasteiger charge is -2.41. The number of unbranched alkanes of at least 4 members (excludes halogenated alkanes) is 4. The molecule has 2 rings (SSSR count). The molecule has 0 heterocycles. The lowest BCUT2D eigenvalue weighted by atomic mass is 9.87. The highest BCUT2D eigenvalue weighted by Gasteiger charge is 2.40. The summed E-state index contributed by atoms with van der Waals surface area (Å²) in [4.78, 5) is 39.6. The zero-order chi connectivity index (χ0) is 29.7. The first-order chi connectivity index (χ1) is 19.2. The molecule has 40 heavy (non-hydrogen) atoms. The Morgan fingerprint density at radius 1 is 1.23 bits per heavy atom. The van der Waals surface area contributed by atoms with Crippen LogP contribution in [0.25, 0.3) is 0 Å². The number of rotatable bonds is 17. The van der Waals surface area contributed by atoms with Gasteiger partial charge in [-0.05, 0) is 59.6 Å². The average molecular weight is 673 g/mol. The van der Waals surface area contributed by atoms with Gasteiger partial charge in [-0.3, -0.25) is 14.4 Å². The van der Waals surface area contributed by atoms with Gasteiger partial charge in [0.1, 0.15) is 18.5 Å². The van der Waals surface area contributed by atoms with Crippen LogP contribution in [0, 0.1) is 9.49 Å². The quantitative estimate of drug-likeness (QED) is 0.128. The molecule has 3 atom stereocenters. The molecule has 1 aromatic carbocycles. The number of hydrogen-bond donors (Lipinski definition) is 3. The number of hydrogen-bond acceptors (Lipinski definition) is 7. The number of aldehydes is 1. The molecule has 1 aliphatic carbocycles. The zero-order valence-electron chi connectivity index (χ0n) is 24.2. The third-order valence-electron chi connectivity index (χ3n) is 7.02. The van der Waals surface area contributed by atoms with E-state index in [0.29, 0.717) is 51.4 Å². The zero-order valence-corrected chi connectivity index (χ0v) is 26.3. The lowest BCUT2D eigenvalue weighted by Crippen LogP contribution is -2.55. The molecule has 3 N–H and O–H groups in total. The maximum atomic E-state index is 13.5. The Labute approximate surface area is 251 Å². The Morgan fingerprint density at radius 2 is 1.95 bits per heavy atom. The molecular weight excluding hydrogens is 627 g/mol. The summed E-state index contributed by atoms with van der Waals surface area (Å²) < 4.78 is 12.3. The minimum atomic E-state index is -1.11. The van der Waals surface area contributed by atoms with Crippen molar-refractivity contribution in [3.05, 3.63) is 32.9 Å². The minimum absolute atomic E-state index is 0.0422. The summed E-state index contributed by atoms with van der Waals surface area (Å²) in [6, 6.07) is 2.52. The van der Waals surface area contributed by atoms with Gasteiger partial charge in [0.15, 0.2) is 11.5 Å². The van der Waals surface area contributed by atoms with E-state index in [9.17, 15) is 24.6 Å². The van der Waals surface area contributed by atoms with E-state index in [1.807, 2.05) is 22.6 Å². The Bertz CT molecular complexity index is 1010. The van der Waals surface area contributed by atoms with E-state index in [1.165, 1.54) is 7.11 Å². The summed E-state index contributed by atoms with van der Waals surface area (Å²) in [6.07, 6.45) is 6.60. The average Bonchev–Trinajstić information content (AvgIpc) is 2.93. The van der Waals surface area contributed by atoms with Crippen LogP contribution in [0.2, 0.25) is 0 Å². The number of ether oxygens (including phenoxy) is 2. The van der Waals surface area contributed by atoms with Gasteiger partial charge < -0.3 is 29.9 Å². The highest BCUT2D eigenvalue weighted by Crippen LogP contribution is 2.37. The molecule has 0 spiro atoms. The van der Waals surface area contributed by atoms with Crippen molar-refractivity contribution in [2.45, 2.75) is 90.4 Å². The number of amides is 2. The van der Waals surface area contributed by atoms with Gasteiger partial charge in [0.05, 0.1) is 23.3 Å². The van der Waals surface area contributed by atoms with Crippen molar-refractivity contribution in [3.8, 4) is 11.5 Å². The predicted octanol–water partition coefficient (Wildman–Crippen LogP) is 4.26. The van der Waals surface area contributed by atoms with Crippen LogP contribution in [0.3, 0.4) is 0 Å². The van der Waals surface area contributed by atoms with E-state index in [-0.39, 0.29) is 31.4 Å². The second kappa shape index (κ2) is 17.6. The fourth-order valence-corrected chi connectivity index (χ4v) is 5.49. The standard InChI is InChI=1S/C30H45IN2O7/c1-5-6-7-8-9-10-27(36)33(13-11-20(2)3)24-17-22(30(38)32-12-14-34)18-25(28(24)37)40-29-23(31)15-21(19-35)16-26(29)39-4/h15-16,18-20,24-25,28,34,37H,5-14,17H2,1-4H3,(H,32,38). The topological polar surface area (TPSA) is 125 Å². The van der Waals surface area contributed by atoms with Crippen molar-refractivity contribution >= 4 is 40.7 Å². The Kier molecular flexibility index (Phi) is 15.0. The molecule has 0 radical (unpaired) electrons. The molecule has 0 aromatic heterocycles. The number of nitrogens with zero attached hydrogens (tertiary/aromatic N) is 1. The minimum Gasteiger partial charge on any atom is -0.493 e. The van der Waals surface area contributed by atoms with Crippen molar-refractivity contribution in [1.29, 1.82) is 0 Å². The molecule has 10 heteroatoms. The molecule has 0 bridgehead atoms. The smallest absolute Gasteiger partial charge is 0.247 e. The Morgan fingerprint density at radius 3 is 2.58 bits per heavy atom. The van der Waals surface area contributed by atoms with Crippen LogP contribution in [0.1, 0.15) is 82.5 Å². The number of carbonyl (C=O) groups excluding carboxylic acids is 3. The van der Waals surface area contributed by atoms with Crippen LogP contribution in [-0.2, 0) is 9.59 Å². The maximum Gasteiger partial charge on any atom is 0.247 e. The first kappa shape index (κ1) is 34.0. The van der Waals surface area contributed by atoms with Gasteiger partial charge in [-0.2, -0.15) is 0 Å².